The van der Waals surface area contributed by atoms with Crippen molar-refractivity contribution in [1.82, 2.24) is 38.5 Å². The third kappa shape index (κ3) is 5.93. The first kappa shape index (κ1) is 33.7. The summed E-state index contributed by atoms with van der Waals surface area (Å²) in [5, 5.41) is 9.19. The van der Waals surface area contributed by atoms with Crippen LogP contribution in [0.4, 0.5) is 20.2 Å². The van der Waals surface area contributed by atoms with Gasteiger partial charge in [-0.05, 0) is 69.3 Å². The number of carbonyl (C=O) groups excluding carboxylic acids is 3. The molecule has 14 nitrogen and oxygen atoms in total. The number of hydrogen-bond donors (Lipinski definition) is 2. The predicted molar refractivity (Wildman–Crippen MR) is 189 cm³/mol. The molecule has 1 atom stereocenters. The molecule has 3 fully saturated rings. The topological polar surface area (TPSA) is 144 Å². The lowest BCUT2D eigenvalue weighted by molar-refractivity contribution is -0.135. The van der Waals surface area contributed by atoms with Crippen molar-refractivity contribution < 1.29 is 23.2 Å². The number of para-hydroxylation sites is 1. The van der Waals surface area contributed by atoms with Gasteiger partial charge in [-0.3, -0.25) is 33.5 Å². The number of carbonyl (C=O) groups is 3. The number of imide groups is 1. The Morgan fingerprint density at radius 1 is 1.08 bits per heavy atom. The van der Waals surface area contributed by atoms with Gasteiger partial charge in [-0.25, -0.2) is 18.6 Å². The summed E-state index contributed by atoms with van der Waals surface area (Å²) in [5.74, 6) is -0.902. The van der Waals surface area contributed by atoms with Gasteiger partial charge < -0.3 is 19.5 Å². The average Bonchev–Trinajstić information content (AvgIpc) is 3.81. The van der Waals surface area contributed by atoms with Gasteiger partial charge in [-0.1, -0.05) is 6.07 Å². The number of anilines is 2. The molecule has 1 saturated carbocycles. The Hall–Kier alpha value is -5.38. The summed E-state index contributed by atoms with van der Waals surface area (Å²) in [4.78, 5) is 59.7. The quantitative estimate of drug-likeness (QED) is 0.219. The Balaban J connectivity index is 0.878. The Labute approximate surface area is 297 Å². The highest BCUT2D eigenvalue weighted by atomic mass is 19.3. The smallest absolute Gasteiger partial charge is 0.329 e. The van der Waals surface area contributed by atoms with Gasteiger partial charge in [0.05, 0.1) is 34.0 Å². The van der Waals surface area contributed by atoms with Crippen molar-refractivity contribution in [3.8, 4) is 0 Å². The maximum atomic E-state index is 14.0. The van der Waals surface area contributed by atoms with E-state index in [2.05, 4.69) is 37.6 Å². The summed E-state index contributed by atoms with van der Waals surface area (Å²) in [7, 11) is 3.86. The summed E-state index contributed by atoms with van der Waals surface area (Å²) < 4.78 is 34.4. The maximum Gasteiger partial charge on any atom is 0.329 e. The zero-order valence-corrected chi connectivity index (χ0v) is 28.9. The molecule has 272 valence electrons. The molecule has 1 aromatic carbocycles. The number of rotatable bonds is 9. The molecule has 3 amide bonds. The standard InChI is InChI=1S/C36H40F2N10O4/c1-43(19-21-17-23(18-21)47-20-25(30(42-47)32(37)38)40-34(50)24-11-16-46-13-4-12-39-33(24)46)22-9-14-45(15-10-22)26-5-3-6-27-31(26)44(2)36(52)48(27)28-7-8-29(49)41-35(28)51/h3-6,11-13,16,20-23,28,32H,7-10,14-15,17-19H2,1-2H3,(H,40,50)(H,41,49,51). The fourth-order valence-electron chi connectivity index (χ4n) is 8.23. The molecule has 2 N–H and O–H groups in total. The van der Waals surface area contributed by atoms with Crippen molar-refractivity contribution in [2.75, 3.05) is 36.9 Å². The van der Waals surface area contributed by atoms with Crippen LogP contribution in [0, 0.1) is 5.92 Å². The van der Waals surface area contributed by atoms with Gasteiger partial charge in [0.25, 0.3) is 12.3 Å². The second-order valence-electron chi connectivity index (χ2n) is 14.2. The number of alkyl halides is 2. The van der Waals surface area contributed by atoms with Gasteiger partial charge in [0.2, 0.25) is 11.8 Å². The molecule has 3 aliphatic rings. The van der Waals surface area contributed by atoms with Gasteiger partial charge in [-0.15, -0.1) is 0 Å². The van der Waals surface area contributed by atoms with E-state index in [1.807, 2.05) is 18.2 Å². The zero-order chi connectivity index (χ0) is 36.3. The molecule has 16 heteroatoms. The van der Waals surface area contributed by atoms with E-state index in [1.165, 1.54) is 10.8 Å². The summed E-state index contributed by atoms with van der Waals surface area (Å²) in [6.07, 6.45) is 7.64. The average molecular weight is 715 g/mol. The molecule has 1 aliphatic carbocycles. The normalized spacial score (nSPS) is 21.3. The van der Waals surface area contributed by atoms with Crippen molar-refractivity contribution in [1.29, 1.82) is 0 Å². The fraction of sp³-hybridized carbons (Fsp3) is 0.444. The third-order valence-electron chi connectivity index (χ3n) is 11.0. The van der Waals surface area contributed by atoms with Gasteiger partial charge in [0, 0.05) is 63.9 Å². The predicted octanol–water partition coefficient (Wildman–Crippen LogP) is 3.90. The zero-order valence-electron chi connectivity index (χ0n) is 28.9. The molecule has 2 aliphatic heterocycles. The largest absolute Gasteiger partial charge is 0.370 e. The molecule has 5 aromatic rings. The van der Waals surface area contributed by atoms with Crippen molar-refractivity contribution in [3.63, 3.8) is 0 Å². The number of nitrogens with one attached hydrogen (secondary N) is 2. The number of nitrogens with zero attached hydrogens (tertiary/aromatic N) is 8. The number of benzene rings is 1. The SMILES string of the molecule is CN(CC1CC(n2cc(NC(=O)c3ccn4cccnc34)c(C(F)F)n2)C1)C1CCN(c2cccc3c2n(C)c(=O)n3C2CCC(=O)NC2=O)CC1. The summed E-state index contributed by atoms with van der Waals surface area (Å²) in [6.45, 7) is 2.47. The Morgan fingerprint density at radius 2 is 1.87 bits per heavy atom. The first-order valence-corrected chi connectivity index (χ1v) is 17.7. The number of halogens is 2. The highest BCUT2D eigenvalue weighted by molar-refractivity contribution is 6.08. The fourth-order valence-corrected chi connectivity index (χ4v) is 8.23. The molecule has 0 bridgehead atoms. The number of piperidine rings is 2. The van der Waals surface area contributed by atoms with Crippen molar-refractivity contribution >= 4 is 45.8 Å². The second kappa shape index (κ2) is 13.3. The van der Waals surface area contributed by atoms with Crippen LogP contribution in [0.25, 0.3) is 16.7 Å². The molecule has 0 radical (unpaired) electrons. The van der Waals surface area contributed by atoms with Crippen molar-refractivity contribution in [2.24, 2.45) is 13.0 Å². The molecule has 0 spiro atoms. The molecule has 2 saturated heterocycles. The summed E-state index contributed by atoms with van der Waals surface area (Å²) in [5.41, 5.74) is 2.41. The van der Waals surface area contributed by atoms with E-state index in [1.54, 1.807) is 51.4 Å². The van der Waals surface area contributed by atoms with E-state index in [4.69, 9.17) is 0 Å². The minimum Gasteiger partial charge on any atom is -0.370 e. The first-order chi connectivity index (χ1) is 25.1. The molecule has 8 rings (SSSR count). The lowest BCUT2D eigenvalue weighted by atomic mass is 9.79. The minimum absolute atomic E-state index is 0.00547. The Bertz CT molecular complexity index is 2240. The third-order valence-corrected chi connectivity index (χ3v) is 11.0. The molecule has 6 heterocycles. The highest BCUT2D eigenvalue weighted by Gasteiger charge is 2.36. The van der Waals surface area contributed by atoms with Crippen molar-refractivity contribution in [3.05, 3.63) is 76.9 Å². The molecular formula is C36H40F2N10O4. The number of aromatic nitrogens is 6. The summed E-state index contributed by atoms with van der Waals surface area (Å²) >= 11 is 0. The maximum absolute atomic E-state index is 14.0. The van der Waals surface area contributed by atoms with Gasteiger partial charge in [-0.2, -0.15) is 5.10 Å². The number of aryl methyl sites for hydroxylation is 1. The lowest BCUT2D eigenvalue weighted by Gasteiger charge is -2.42. The van der Waals surface area contributed by atoms with Crippen LogP contribution in [0.3, 0.4) is 0 Å². The first-order valence-electron chi connectivity index (χ1n) is 17.7. The van der Waals surface area contributed by atoms with Crippen LogP contribution in [0.5, 0.6) is 0 Å². The summed E-state index contributed by atoms with van der Waals surface area (Å²) in [6, 6.07) is 8.73. The molecular weight excluding hydrogens is 674 g/mol. The van der Waals surface area contributed by atoms with Crippen LogP contribution in [0.2, 0.25) is 0 Å². The minimum atomic E-state index is -2.84. The van der Waals surface area contributed by atoms with E-state index in [9.17, 15) is 28.0 Å². The molecule has 4 aromatic heterocycles. The van der Waals surface area contributed by atoms with Gasteiger partial charge in [0.1, 0.15) is 11.7 Å². The molecule has 52 heavy (non-hydrogen) atoms. The van der Waals surface area contributed by atoms with Gasteiger partial charge >= 0.3 is 5.69 Å². The molecule has 1 unspecified atom stereocenters. The highest BCUT2D eigenvalue weighted by Crippen LogP contribution is 2.40. The van der Waals surface area contributed by atoms with Crippen LogP contribution >= 0.6 is 0 Å². The number of fused-ring (bicyclic) bond motifs is 2. The van der Waals surface area contributed by atoms with Crippen molar-refractivity contribution in [2.45, 2.75) is 63.1 Å². The monoisotopic (exact) mass is 714 g/mol. The number of hydrogen-bond acceptors (Lipinski definition) is 8. The van der Waals surface area contributed by atoms with E-state index in [0.717, 1.165) is 56.5 Å². The van der Waals surface area contributed by atoms with Crippen LogP contribution in [0.1, 0.15) is 73.1 Å². The Kier molecular flexibility index (Phi) is 8.64. The van der Waals surface area contributed by atoms with Gasteiger partial charge in [0.15, 0.2) is 5.69 Å². The Morgan fingerprint density at radius 3 is 2.62 bits per heavy atom. The number of amides is 3. The van der Waals surface area contributed by atoms with Crippen LogP contribution in [0.15, 0.2) is 59.9 Å². The van der Waals surface area contributed by atoms with Crippen LogP contribution in [-0.4, -0.2) is 83.6 Å². The van der Waals surface area contributed by atoms with E-state index in [-0.39, 0.29) is 41.7 Å². The lowest BCUT2D eigenvalue weighted by Crippen LogP contribution is -2.46. The van der Waals surface area contributed by atoms with E-state index in [0.29, 0.717) is 23.1 Å². The second-order valence-corrected chi connectivity index (χ2v) is 14.2. The van der Waals surface area contributed by atoms with E-state index >= 15 is 0 Å². The van der Waals surface area contributed by atoms with E-state index < -0.39 is 30.0 Å². The van der Waals surface area contributed by atoms with Crippen LogP contribution in [-0.2, 0) is 16.6 Å². The van der Waals surface area contributed by atoms with Crippen LogP contribution < -0.4 is 21.2 Å². The number of imidazole rings is 1.